The molecule has 3 aromatic rings. The van der Waals surface area contributed by atoms with Gasteiger partial charge in [0.25, 0.3) is 9.84 Å². The first-order valence-corrected chi connectivity index (χ1v) is 13.8. The van der Waals surface area contributed by atoms with E-state index in [1.807, 2.05) is 0 Å². The summed E-state index contributed by atoms with van der Waals surface area (Å²) >= 11 is 0. The Morgan fingerprint density at radius 2 is 1.88 bits per heavy atom. The molecule has 0 aliphatic carbocycles. The number of aliphatic hydroxyl groups is 2. The van der Waals surface area contributed by atoms with Crippen LogP contribution in [0.5, 0.6) is 5.88 Å². The van der Waals surface area contributed by atoms with Gasteiger partial charge in [0.05, 0.1) is 23.2 Å². The van der Waals surface area contributed by atoms with Gasteiger partial charge in [0.15, 0.2) is 6.10 Å². The molecule has 0 spiro atoms. The van der Waals surface area contributed by atoms with Crippen molar-refractivity contribution in [3.05, 3.63) is 58.3 Å². The number of amides is 2. The average Bonchev–Trinajstić information content (AvgIpc) is 3.46. The predicted octanol–water partition coefficient (Wildman–Crippen LogP) is -1.50. The lowest BCUT2D eigenvalue weighted by molar-refractivity contribution is -0.832. The first-order chi connectivity index (χ1) is 20.4. The van der Waals surface area contributed by atoms with E-state index in [9.17, 15) is 41.9 Å². The van der Waals surface area contributed by atoms with Gasteiger partial charge in [-0.05, 0) is 23.1 Å². The number of aliphatic hydroxyl groups excluding tert-OH is 2. The molecule has 2 amide bonds. The molecule has 0 saturated carbocycles. The first-order valence-electron chi connectivity index (χ1n) is 12.4. The molecule has 43 heavy (non-hydrogen) atoms. The zero-order valence-electron chi connectivity index (χ0n) is 21.8. The van der Waals surface area contributed by atoms with Gasteiger partial charge in [0.1, 0.15) is 18.5 Å². The van der Waals surface area contributed by atoms with Crippen LogP contribution in [0.4, 0.5) is 14.6 Å². The van der Waals surface area contributed by atoms with Crippen LogP contribution in [-0.4, -0.2) is 83.0 Å². The Kier molecular flexibility index (Phi) is 9.33. The molecule has 4 N–H and O–H groups in total. The van der Waals surface area contributed by atoms with E-state index in [0.717, 1.165) is 12.3 Å². The maximum atomic E-state index is 14.3. The van der Waals surface area contributed by atoms with E-state index in [0.29, 0.717) is 4.57 Å². The second-order valence-corrected chi connectivity index (χ2v) is 10.8. The smallest absolute Gasteiger partial charge is 0.415 e. The molecule has 232 valence electrons. The van der Waals surface area contributed by atoms with E-state index in [2.05, 4.69) is 25.4 Å². The number of nitrogens with one attached hydrogen (secondary N) is 2. The number of hydrogen-bond acceptors (Lipinski definition) is 13. The molecular weight excluding hydrogens is 606 g/mol. The molecule has 3 heterocycles. The summed E-state index contributed by atoms with van der Waals surface area (Å²) in [7, 11) is -4.32. The van der Waals surface area contributed by atoms with Gasteiger partial charge >= 0.3 is 22.5 Å². The van der Waals surface area contributed by atoms with E-state index >= 15 is 0 Å². The summed E-state index contributed by atoms with van der Waals surface area (Å²) in [5.41, 5.74) is -1.24. The van der Waals surface area contributed by atoms with E-state index in [1.165, 1.54) is 24.3 Å². The Hall–Kier alpha value is -4.53. The molecule has 1 aliphatic heterocycles. The summed E-state index contributed by atoms with van der Waals surface area (Å²) in [6, 6.07) is 8.04. The van der Waals surface area contributed by atoms with Crippen molar-refractivity contribution < 1.29 is 56.0 Å². The van der Waals surface area contributed by atoms with Crippen molar-refractivity contribution in [2.24, 2.45) is 0 Å². The van der Waals surface area contributed by atoms with E-state index in [4.69, 9.17) is 14.6 Å². The van der Waals surface area contributed by atoms with Crippen LogP contribution >= 0.6 is 0 Å². The lowest BCUT2D eigenvalue weighted by Gasteiger charge is -2.21. The van der Waals surface area contributed by atoms with Gasteiger partial charge in [-0.1, -0.05) is 18.2 Å². The maximum absolute atomic E-state index is 14.3. The number of anilines is 1. The van der Waals surface area contributed by atoms with E-state index < -0.39 is 69.2 Å². The van der Waals surface area contributed by atoms with Gasteiger partial charge in [0, 0.05) is 19.0 Å². The lowest BCUT2D eigenvalue weighted by atomic mass is 10.1. The van der Waals surface area contributed by atoms with Gasteiger partial charge in [-0.3, -0.25) is 18.8 Å². The lowest BCUT2D eigenvalue weighted by Crippen LogP contribution is -2.41. The molecule has 2 aromatic heterocycles. The molecule has 1 aromatic carbocycles. The molecule has 4 rings (SSSR count). The highest BCUT2D eigenvalue weighted by molar-refractivity contribution is 7.91. The van der Waals surface area contributed by atoms with Crippen LogP contribution in [0.15, 0.2) is 61.9 Å². The van der Waals surface area contributed by atoms with Crippen LogP contribution in [0, 0.1) is 5.21 Å². The minimum Gasteiger partial charge on any atom is -0.453 e. The SMILES string of the molecule is O=C(CCC(=O)Nc1ccn([C@@H]2O[C@H](CO)[C@@H](O)C2(F)F)c(=O)n1)NCCOc1no[n+]([O-])c1S(=O)(=O)c1ccccc1. The van der Waals surface area contributed by atoms with Crippen LogP contribution in [0.3, 0.4) is 0 Å². The van der Waals surface area contributed by atoms with Crippen molar-refractivity contribution in [3.8, 4) is 5.88 Å². The van der Waals surface area contributed by atoms with Gasteiger partial charge in [-0.25, -0.2) is 13.2 Å². The fourth-order valence-corrected chi connectivity index (χ4v) is 5.17. The Labute approximate surface area is 240 Å². The molecule has 1 saturated heterocycles. The van der Waals surface area contributed by atoms with Gasteiger partial charge in [-0.15, -0.1) is 0 Å². The Balaban J connectivity index is 1.23. The molecule has 0 bridgehead atoms. The number of benzene rings is 1. The van der Waals surface area contributed by atoms with E-state index in [-0.39, 0.29) is 41.6 Å². The number of alkyl halides is 2. The first kappa shape index (κ1) is 31.4. The Morgan fingerprint density at radius 3 is 2.53 bits per heavy atom. The molecule has 0 radical (unpaired) electrons. The second-order valence-electron chi connectivity index (χ2n) is 8.93. The van der Waals surface area contributed by atoms with Crippen molar-refractivity contribution in [2.75, 3.05) is 25.1 Å². The summed E-state index contributed by atoms with van der Waals surface area (Å²) in [5, 5.41) is 37.6. The summed E-state index contributed by atoms with van der Waals surface area (Å²) in [6.45, 7) is -1.40. The number of nitrogens with zero attached hydrogens (tertiary/aromatic N) is 4. The Morgan fingerprint density at radius 1 is 1.19 bits per heavy atom. The number of hydrogen-bond donors (Lipinski definition) is 4. The normalized spacial score (nSPS) is 19.6. The summed E-state index contributed by atoms with van der Waals surface area (Å²) < 4.78 is 68.8. The van der Waals surface area contributed by atoms with Gasteiger partial charge in [-0.2, -0.15) is 13.8 Å². The van der Waals surface area contributed by atoms with Crippen molar-refractivity contribution in [1.82, 2.24) is 20.0 Å². The highest BCUT2D eigenvalue weighted by atomic mass is 32.2. The minimum atomic E-state index is -4.32. The van der Waals surface area contributed by atoms with Crippen molar-refractivity contribution in [3.63, 3.8) is 0 Å². The molecule has 20 heteroatoms. The number of sulfone groups is 1. The van der Waals surface area contributed by atoms with Crippen molar-refractivity contribution in [2.45, 2.75) is 47.1 Å². The molecule has 17 nitrogen and oxygen atoms in total. The number of aromatic nitrogens is 4. The van der Waals surface area contributed by atoms with E-state index in [1.54, 1.807) is 6.07 Å². The summed E-state index contributed by atoms with van der Waals surface area (Å²) in [4.78, 5) is 39.5. The molecule has 1 aliphatic rings. The number of ether oxygens (including phenoxy) is 2. The van der Waals surface area contributed by atoms with Crippen LogP contribution in [0.1, 0.15) is 19.1 Å². The molecule has 3 atom stereocenters. The zero-order valence-corrected chi connectivity index (χ0v) is 22.6. The highest BCUT2D eigenvalue weighted by Gasteiger charge is 2.59. The van der Waals surface area contributed by atoms with Crippen LogP contribution in [-0.2, 0) is 24.2 Å². The monoisotopic (exact) mass is 630 g/mol. The minimum absolute atomic E-state index is 0.170. The molecule has 1 fully saturated rings. The highest BCUT2D eigenvalue weighted by Crippen LogP contribution is 2.42. The van der Waals surface area contributed by atoms with Gasteiger partial charge < -0.3 is 35.5 Å². The second kappa shape index (κ2) is 12.8. The maximum Gasteiger partial charge on any atom is 0.415 e. The number of carbonyl (C=O) groups is 2. The average molecular weight is 631 g/mol. The standard InChI is InChI=1S/C23H24F2N6O11S/c24-23(25)18(35)14(12-32)41-21(23)30-10-8-15(28-22(30)36)27-17(34)7-6-16(33)26-9-11-40-19-20(31(37)42-29-19)43(38,39)13-4-2-1-3-5-13/h1-5,8,10,14,18,21,32,35H,6-7,9,11-12H2,(H,26,33)(H,27,28,34,36)/t14-,18-,21-/m1/s1. The zero-order chi connectivity index (χ0) is 31.4. The third-order valence-electron chi connectivity index (χ3n) is 6.01. The Bertz CT molecular complexity index is 1630. The number of halogens is 2. The fraction of sp³-hybridized carbons (Fsp3) is 0.391. The number of rotatable bonds is 12. The van der Waals surface area contributed by atoms with Crippen molar-refractivity contribution >= 4 is 27.5 Å². The summed E-state index contributed by atoms with van der Waals surface area (Å²) in [6.07, 6.45) is -6.05. The fourth-order valence-electron chi connectivity index (χ4n) is 3.88. The molecular formula is C23H24F2N6O11S. The third kappa shape index (κ3) is 6.77. The quantitative estimate of drug-likeness (QED) is 0.132. The number of carbonyl (C=O) groups excluding carboxylic acids is 2. The molecule has 0 unspecified atom stereocenters. The van der Waals surface area contributed by atoms with Crippen LogP contribution in [0.2, 0.25) is 0 Å². The van der Waals surface area contributed by atoms with Crippen LogP contribution < -0.4 is 26.0 Å². The largest absolute Gasteiger partial charge is 0.453 e. The van der Waals surface area contributed by atoms with Crippen molar-refractivity contribution in [1.29, 1.82) is 0 Å². The third-order valence-corrected chi connectivity index (χ3v) is 7.73. The summed E-state index contributed by atoms with van der Waals surface area (Å²) in [5.74, 6) is -6.18. The topological polar surface area (TPSA) is 239 Å². The van der Waals surface area contributed by atoms with Gasteiger partial charge in [0.2, 0.25) is 18.0 Å². The van der Waals surface area contributed by atoms with Crippen LogP contribution in [0.25, 0.3) is 0 Å². The predicted molar refractivity (Wildman–Crippen MR) is 134 cm³/mol.